The molecule has 0 saturated heterocycles. The number of nitrogen functional groups attached to an aromatic ring is 1. The summed E-state index contributed by atoms with van der Waals surface area (Å²) >= 11 is 0. The molecular weight excluding hydrogens is 473 g/mol. The topological polar surface area (TPSA) is 131 Å². The number of phenolic OH excluding ortho intramolecular Hbond substituents is 1. The maximum atomic E-state index is 14.2. The van der Waals surface area contributed by atoms with E-state index in [0.29, 0.717) is 22.7 Å². The Bertz CT molecular complexity index is 1530. The number of nitrogens with zero attached hydrogens (tertiary/aromatic N) is 5. The first-order chi connectivity index (χ1) is 17.8. The minimum atomic E-state index is -1.32. The molecule has 6 rings (SSSR count). The lowest BCUT2D eigenvalue weighted by molar-refractivity contribution is -0.119. The Balaban J connectivity index is 1.39. The fraction of sp³-hybridized carbons (Fsp3) is 0.370. The zero-order valence-electron chi connectivity index (χ0n) is 20.5. The van der Waals surface area contributed by atoms with Crippen molar-refractivity contribution in [3.8, 4) is 17.3 Å². The normalized spacial score (nSPS) is 19.8. The summed E-state index contributed by atoms with van der Waals surface area (Å²) in [5.41, 5.74) is 8.01. The Morgan fingerprint density at radius 2 is 2.03 bits per heavy atom. The highest BCUT2D eigenvalue weighted by Gasteiger charge is 2.48. The van der Waals surface area contributed by atoms with Crippen LogP contribution in [0.5, 0.6) is 5.75 Å². The summed E-state index contributed by atoms with van der Waals surface area (Å²) in [5.74, 6) is -0.367. The van der Waals surface area contributed by atoms with Crippen molar-refractivity contribution in [2.24, 2.45) is 5.92 Å². The predicted molar refractivity (Wildman–Crippen MR) is 136 cm³/mol. The number of amides is 1. The van der Waals surface area contributed by atoms with E-state index in [0.717, 1.165) is 30.2 Å². The van der Waals surface area contributed by atoms with E-state index in [1.165, 1.54) is 44.2 Å². The van der Waals surface area contributed by atoms with Crippen LogP contribution in [0.2, 0.25) is 0 Å². The van der Waals surface area contributed by atoms with E-state index >= 15 is 0 Å². The molecule has 0 spiro atoms. The number of carbonyl (C=O) groups is 1. The lowest BCUT2D eigenvalue weighted by Gasteiger charge is -2.23. The molecule has 4 heterocycles. The number of benzene rings is 1. The number of phenols is 1. The molecule has 190 valence electrons. The highest BCUT2D eigenvalue weighted by molar-refractivity contribution is 6.09. The van der Waals surface area contributed by atoms with Gasteiger partial charge in [-0.05, 0) is 43.4 Å². The maximum absolute atomic E-state index is 14.2. The third-order valence-electron chi connectivity index (χ3n) is 7.83. The quantitative estimate of drug-likeness (QED) is 0.370. The van der Waals surface area contributed by atoms with Crippen molar-refractivity contribution in [2.45, 2.75) is 57.3 Å². The van der Waals surface area contributed by atoms with E-state index in [9.17, 15) is 14.3 Å². The number of rotatable bonds is 5. The van der Waals surface area contributed by atoms with Crippen molar-refractivity contribution >= 4 is 23.2 Å². The summed E-state index contributed by atoms with van der Waals surface area (Å²) in [5, 5.41) is 12.4. The molecule has 1 aromatic carbocycles. The number of aromatic hydroxyl groups is 1. The second-order valence-electron chi connectivity index (χ2n) is 10.2. The van der Waals surface area contributed by atoms with Crippen LogP contribution in [0.3, 0.4) is 0 Å². The van der Waals surface area contributed by atoms with Crippen molar-refractivity contribution in [3.05, 3.63) is 59.4 Å². The molecule has 9 nitrogen and oxygen atoms in total. The molecule has 1 aliphatic heterocycles. The molecule has 1 aliphatic carbocycles. The average molecular weight is 502 g/mol. The molecule has 3 aromatic heterocycles. The second kappa shape index (κ2) is 8.79. The Morgan fingerprint density at radius 3 is 2.81 bits per heavy atom. The number of fused-ring (bicyclic) bond motifs is 2. The van der Waals surface area contributed by atoms with Gasteiger partial charge in [-0.2, -0.15) is 0 Å². The summed E-state index contributed by atoms with van der Waals surface area (Å²) in [6.45, 7) is 1.64. The first-order valence-electron chi connectivity index (χ1n) is 12.7. The molecule has 4 aromatic rings. The highest BCUT2D eigenvalue weighted by Crippen LogP contribution is 2.45. The largest absolute Gasteiger partial charge is 0.505 e. The highest BCUT2D eigenvalue weighted by atomic mass is 19.1. The fourth-order valence-corrected chi connectivity index (χ4v) is 5.70. The first-order valence-corrected chi connectivity index (χ1v) is 12.7. The zero-order valence-corrected chi connectivity index (χ0v) is 20.5. The smallest absolute Gasteiger partial charge is 0.240 e. The first kappa shape index (κ1) is 23.3. The molecular formula is C27H28FN7O2. The number of aromatic nitrogens is 5. The third-order valence-corrected chi connectivity index (χ3v) is 7.83. The van der Waals surface area contributed by atoms with Crippen molar-refractivity contribution in [1.29, 1.82) is 0 Å². The lowest BCUT2D eigenvalue weighted by Crippen LogP contribution is -2.33. The van der Waals surface area contributed by atoms with Crippen molar-refractivity contribution in [1.82, 2.24) is 24.3 Å². The predicted octanol–water partition coefficient (Wildman–Crippen LogP) is 4.38. The van der Waals surface area contributed by atoms with Crippen molar-refractivity contribution in [2.75, 3.05) is 11.1 Å². The van der Waals surface area contributed by atoms with Gasteiger partial charge in [-0.3, -0.25) is 4.79 Å². The van der Waals surface area contributed by atoms with Gasteiger partial charge < -0.3 is 20.6 Å². The molecule has 37 heavy (non-hydrogen) atoms. The van der Waals surface area contributed by atoms with Crippen LogP contribution in [0.25, 0.3) is 17.2 Å². The molecule has 2 aliphatic rings. The fourth-order valence-electron chi connectivity index (χ4n) is 5.70. The molecule has 1 amide bonds. The van der Waals surface area contributed by atoms with Gasteiger partial charge in [0.25, 0.3) is 0 Å². The van der Waals surface area contributed by atoms with Crippen LogP contribution in [0.4, 0.5) is 16.0 Å². The zero-order chi connectivity index (χ0) is 25.7. The monoisotopic (exact) mass is 501 g/mol. The van der Waals surface area contributed by atoms with E-state index in [1.807, 2.05) is 10.6 Å². The molecule has 1 fully saturated rings. The molecule has 1 atom stereocenters. The number of nitrogens with two attached hydrogens (primary N) is 1. The lowest BCUT2D eigenvalue weighted by atomic mass is 9.77. The molecule has 0 bridgehead atoms. The van der Waals surface area contributed by atoms with Crippen LogP contribution in [-0.2, 0) is 16.6 Å². The van der Waals surface area contributed by atoms with E-state index in [4.69, 9.17) is 10.7 Å². The minimum absolute atomic E-state index is 0.102. The van der Waals surface area contributed by atoms with Crippen molar-refractivity contribution in [3.63, 3.8) is 0 Å². The van der Waals surface area contributed by atoms with E-state index in [2.05, 4.69) is 20.3 Å². The third kappa shape index (κ3) is 3.87. The van der Waals surface area contributed by atoms with E-state index in [1.54, 1.807) is 19.3 Å². The summed E-state index contributed by atoms with van der Waals surface area (Å²) in [6, 6.07) is 3.84. The van der Waals surface area contributed by atoms with Crippen LogP contribution in [0.1, 0.15) is 62.3 Å². The molecule has 10 heteroatoms. The van der Waals surface area contributed by atoms with Crippen LogP contribution >= 0.6 is 0 Å². The van der Waals surface area contributed by atoms with E-state index < -0.39 is 22.9 Å². The van der Waals surface area contributed by atoms with Gasteiger partial charge >= 0.3 is 0 Å². The number of hydrogen-bond donors (Lipinski definition) is 3. The average Bonchev–Trinajstić information content (AvgIpc) is 3.47. The van der Waals surface area contributed by atoms with Gasteiger partial charge in [0.2, 0.25) is 5.91 Å². The Labute approximate surface area is 213 Å². The molecule has 4 N–H and O–H groups in total. The van der Waals surface area contributed by atoms with Gasteiger partial charge in [0, 0.05) is 18.6 Å². The molecule has 0 unspecified atom stereocenters. The number of hydrogen-bond acceptors (Lipinski definition) is 7. The van der Waals surface area contributed by atoms with Crippen LogP contribution in [0, 0.1) is 11.7 Å². The van der Waals surface area contributed by atoms with Crippen LogP contribution in [-0.4, -0.2) is 35.4 Å². The number of aryl methyl sites for hydroxylation is 1. The molecule has 0 radical (unpaired) electrons. The standard InChI is InChI=1S/C27H28FN7O2/c1-27(16-8-10-20(36)17(28)13-16)21-22(29)32-23(33-24(21)34-26(27)37)19-14-35-12-11-30-25(35)18(31-19)9-7-15-5-3-2-4-6-15/h8,10-15,36H,2-7,9H2,1H3,(H3,29,32,33,34,37)/t27-/m1/s1. The SMILES string of the molecule is C[C@]1(c2ccc(O)c(F)c2)C(=O)Nc2nc(-c3cn4ccnc4c(CCC4CCCCC4)n3)nc(N)c21. The minimum Gasteiger partial charge on any atom is -0.505 e. The Kier molecular flexibility index (Phi) is 5.54. The van der Waals surface area contributed by atoms with Gasteiger partial charge in [0.1, 0.15) is 22.7 Å². The second-order valence-corrected chi connectivity index (χ2v) is 10.2. The van der Waals surface area contributed by atoms with Gasteiger partial charge in [-0.15, -0.1) is 0 Å². The van der Waals surface area contributed by atoms with Crippen LogP contribution < -0.4 is 11.1 Å². The number of anilines is 2. The molecule has 1 saturated carbocycles. The number of carbonyl (C=O) groups excluding carboxylic acids is 1. The number of halogens is 1. The summed E-state index contributed by atoms with van der Waals surface area (Å²) in [4.78, 5) is 31.6. The van der Waals surface area contributed by atoms with E-state index in [-0.39, 0.29) is 17.5 Å². The number of imidazole rings is 1. The van der Waals surface area contributed by atoms with Gasteiger partial charge in [0.05, 0.1) is 11.3 Å². The summed E-state index contributed by atoms with van der Waals surface area (Å²) in [7, 11) is 0. The van der Waals surface area contributed by atoms with Gasteiger partial charge in [-0.1, -0.05) is 38.2 Å². The van der Waals surface area contributed by atoms with Gasteiger partial charge in [-0.25, -0.2) is 24.3 Å². The van der Waals surface area contributed by atoms with Gasteiger partial charge in [0.15, 0.2) is 23.0 Å². The Hall–Kier alpha value is -4.08. The van der Waals surface area contributed by atoms with Crippen LogP contribution in [0.15, 0.2) is 36.8 Å². The number of nitrogens with one attached hydrogen (secondary N) is 1. The van der Waals surface area contributed by atoms with Crippen molar-refractivity contribution < 1.29 is 14.3 Å². The summed E-state index contributed by atoms with van der Waals surface area (Å²) < 4.78 is 16.1. The maximum Gasteiger partial charge on any atom is 0.240 e. The summed E-state index contributed by atoms with van der Waals surface area (Å²) in [6.07, 6.45) is 13.7. The Morgan fingerprint density at radius 1 is 1.22 bits per heavy atom.